The van der Waals surface area contributed by atoms with E-state index < -0.39 is 5.97 Å². The minimum atomic E-state index is -1.09. The highest BCUT2D eigenvalue weighted by molar-refractivity contribution is 5.89. The van der Waals surface area contributed by atoms with Crippen molar-refractivity contribution in [2.75, 3.05) is 17.2 Å². The summed E-state index contributed by atoms with van der Waals surface area (Å²) < 4.78 is 13.3. The zero-order chi connectivity index (χ0) is 14.7. The minimum Gasteiger partial charge on any atom is -0.478 e. The molecule has 6 heteroatoms. The number of rotatable bonds is 4. The third kappa shape index (κ3) is 2.69. The van der Waals surface area contributed by atoms with E-state index in [0.29, 0.717) is 18.1 Å². The summed E-state index contributed by atoms with van der Waals surface area (Å²) in [7, 11) is 0. The van der Waals surface area contributed by atoms with Gasteiger partial charge in [-0.2, -0.15) is 0 Å². The molecule has 0 aliphatic rings. The second-order valence-corrected chi connectivity index (χ2v) is 4.17. The highest BCUT2D eigenvalue weighted by Gasteiger charge is 2.14. The largest absolute Gasteiger partial charge is 0.478 e. The standard InChI is InChI=1S/C14H14FN3O2/c1-2-18(11-5-3-4-10(15)7-11)13-12(16)6-9(8-17-13)14(19)20/h3-8H,2,16H2,1H3,(H,19,20). The molecule has 104 valence electrons. The van der Waals surface area contributed by atoms with Gasteiger partial charge in [-0.3, -0.25) is 0 Å². The minimum absolute atomic E-state index is 0.0153. The van der Waals surface area contributed by atoms with E-state index in [0.717, 1.165) is 0 Å². The van der Waals surface area contributed by atoms with Crippen LogP contribution >= 0.6 is 0 Å². The van der Waals surface area contributed by atoms with Gasteiger partial charge in [0.2, 0.25) is 0 Å². The van der Waals surface area contributed by atoms with Crippen LogP contribution in [0.3, 0.4) is 0 Å². The van der Waals surface area contributed by atoms with Gasteiger partial charge in [0.05, 0.1) is 11.3 Å². The van der Waals surface area contributed by atoms with Crippen molar-refractivity contribution >= 4 is 23.2 Å². The lowest BCUT2D eigenvalue weighted by molar-refractivity contribution is 0.0696. The second-order valence-electron chi connectivity index (χ2n) is 4.17. The molecule has 0 spiro atoms. The molecule has 0 bridgehead atoms. The molecule has 2 aromatic rings. The van der Waals surface area contributed by atoms with E-state index in [1.807, 2.05) is 6.92 Å². The molecule has 0 saturated carbocycles. The number of aromatic carboxylic acids is 1. The van der Waals surface area contributed by atoms with Crippen LogP contribution in [0.1, 0.15) is 17.3 Å². The SMILES string of the molecule is CCN(c1cccc(F)c1)c1ncc(C(=O)O)cc1N. The topological polar surface area (TPSA) is 79.5 Å². The smallest absolute Gasteiger partial charge is 0.337 e. The lowest BCUT2D eigenvalue weighted by Gasteiger charge is -2.23. The van der Waals surface area contributed by atoms with Gasteiger partial charge < -0.3 is 15.7 Å². The fourth-order valence-corrected chi connectivity index (χ4v) is 1.92. The van der Waals surface area contributed by atoms with Crippen LogP contribution < -0.4 is 10.6 Å². The Morgan fingerprint density at radius 2 is 2.20 bits per heavy atom. The second kappa shape index (κ2) is 5.56. The Morgan fingerprint density at radius 3 is 2.75 bits per heavy atom. The van der Waals surface area contributed by atoms with Crippen molar-refractivity contribution < 1.29 is 14.3 Å². The van der Waals surface area contributed by atoms with Crippen LogP contribution in [0, 0.1) is 5.82 Å². The third-order valence-electron chi connectivity index (χ3n) is 2.83. The van der Waals surface area contributed by atoms with Crippen LogP contribution in [0.25, 0.3) is 0 Å². The summed E-state index contributed by atoms with van der Waals surface area (Å²) in [5.74, 6) is -1.05. The van der Waals surface area contributed by atoms with Gasteiger partial charge in [0.25, 0.3) is 0 Å². The zero-order valence-electron chi connectivity index (χ0n) is 10.9. The number of carbonyl (C=O) groups is 1. The Bertz CT molecular complexity index is 646. The van der Waals surface area contributed by atoms with Gasteiger partial charge in [0.15, 0.2) is 5.82 Å². The third-order valence-corrected chi connectivity index (χ3v) is 2.83. The molecule has 0 aliphatic heterocycles. The van der Waals surface area contributed by atoms with Crippen LogP contribution in [-0.2, 0) is 0 Å². The molecule has 5 nitrogen and oxygen atoms in total. The number of halogens is 1. The Labute approximate surface area is 115 Å². The number of benzene rings is 1. The number of nitrogens with zero attached hydrogens (tertiary/aromatic N) is 2. The molecular formula is C14H14FN3O2. The van der Waals surface area contributed by atoms with Gasteiger partial charge in [0, 0.05) is 18.4 Å². The predicted molar refractivity (Wildman–Crippen MR) is 74.7 cm³/mol. The first-order valence-corrected chi connectivity index (χ1v) is 6.05. The van der Waals surface area contributed by atoms with Crippen LogP contribution in [0.2, 0.25) is 0 Å². The molecule has 1 aromatic heterocycles. The molecule has 0 aliphatic carbocycles. The summed E-state index contributed by atoms with van der Waals surface area (Å²) in [6.07, 6.45) is 1.23. The van der Waals surface area contributed by atoms with Crippen molar-refractivity contribution in [3.63, 3.8) is 0 Å². The maximum Gasteiger partial charge on any atom is 0.337 e. The molecule has 0 fully saturated rings. The van der Waals surface area contributed by atoms with E-state index in [2.05, 4.69) is 4.98 Å². The van der Waals surface area contributed by atoms with Gasteiger partial charge in [-0.1, -0.05) is 6.07 Å². The average molecular weight is 275 g/mol. The number of anilines is 3. The van der Waals surface area contributed by atoms with E-state index in [9.17, 15) is 9.18 Å². The maximum atomic E-state index is 13.3. The van der Waals surface area contributed by atoms with Crippen LogP contribution in [0.15, 0.2) is 36.5 Å². The Balaban J connectivity index is 2.44. The zero-order valence-corrected chi connectivity index (χ0v) is 10.9. The van der Waals surface area contributed by atoms with Crippen molar-refractivity contribution in [3.8, 4) is 0 Å². The van der Waals surface area contributed by atoms with Gasteiger partial charge in [-0.15, -0.1) is 0 Å². The first-order chi connectivity index (χ1) is 9.52. The van der Waals surface area contributed by atoms with Gasteiger partial charge in [0.1, 0.15) is 5.82 Å². The number of nitrogens with two attached hydrogens (primary N) is 1. The fraction of sp³-hybridized carbons (Fsp3) is 0.143. The number of carboxylic acids is 1. The molecule has 0 saturated heterocycles. The summed E-state index contributed by atoms with van der Waals surface area (Å²) in [5.41, 5.74) is 6.70. The first-order valence-electron chi connectivity index (χ1n) is 6.05. The highest BCUT2D eigenvalue weighted by atomic mass is 19.1. The van der Waals surface area contributed by atoms with E-state index in [4.69, 9.17) is 10.8 Å². The molecule has 0 radical (unpaired) electrons. The van der Waals surface area contributed by atoms with Crippen LogP contribution in [-0.4, -0.2) is 22.6 Å². The Hall–Kier alpha value is -2.63. The normalized spacial score (nSPS) is 10.3. The molecule has 1 aromatic carbocycles. The lowest BCUT2D eigenvalue weighted by atomic mass is 10.2. The number of nitrogen functional groups attached to an aromatic ring is 1. The summed E-state index contributed by atoms with van der Waals surface area (Å²) in [6, 6.07) is 7.39. The molecule has 20 heavy (non-hydrogen) atoms. The molecular weight excluding hydrogens is 261 g/mol. The Kier molecular flexibility index (Phi) is 3.84. The number of carboxylic acid groups (broad SMARTS) is 1. The molecule has 1 heterocycles. The highest BCUT2D eigenvalue weighted by Crippen LogP contribution is 2.28. The summed E-state index contributed by atoms with van der Waals surface area (Å²) in [5, 5.41) is 8.89. The maximum absolute atomic E-state index is 13.3. The van der Waals surface area contributed by atoms with Crippen molar-refractivity contribution in [2.24, 2.45) is 0 Å². The number of pyridine rings is 1. The molecule has 3 N–H and O–H groups in total. The quantitative estimate of drug-likeness (QED) is 0.896. The van der Waals surface area contributed by atoms with E-state index in [1.165, 1.54) is 24.4 Å². The predicted octanol–water partition coefficient (Wildman–Crippen LogP) is 2.66. The van der Waals surface area contributed by atoms with Gasteiger partial charge in [-0.25, -0.2) is 14.2 Å². The number of aromatic nitrogens is 1. The van der Waals surface area contributed by atoms with Gasteiger partial charge in [-0.05, 0) is 31.2 Å². The average Bonchev–Trinajstić information content (AvgIpc) is 2.41. The number of hydrogen-bond donors (Lipinski definition) is 2. The lowest BCUT2D eigenvalue weighted by Crippen LogP contribution is -2.19. The Morgan fingerprint density at radius 1 is 1.45 bits per heavy atom. The van der Waals surface area contributed by atoms with Gasteiger partial charge >= 0.3 is 5.97 Å². The van der Waals surface area contributed by atoms with E-state index in [-0.39, 0.29) is 17.1 Å². The van der Waals surface area contributed by atoms with Crippen molar-refractivity contribution in [1.82, 2.24) is 4.98 Å². The van der Waals surface area contributed by atoms with Crippen LogP contribution in [0.4, 0.5) is 21.6 Å². The summed E-state index contributed by atoms with van der Waals surface area (Å²) in [6.45, 7) is 2.39. The monoisotopic (exact) mass is 275 g/mol. The van der Waals surface area contributed by atoms with E-state index >= 15 is 0 Å². The van der Waals surface area contributed by atoms with Crippen molar-refractivity contribution in [2.45, 2.75) is 6.92 Å². The fourth-order valence-electron chi connectivity index (χ4n) is 1.92. The summed E-state index contributed by atoms with van der Waals surface area (Å²) >= 11 is 0. The van der Waals surface area contributed by atoms with Crippen molar-refractivity contribution in [3.05, 3.63) is 47.9 Å². The molecule has 0 atom stereocenters. The molecule has 0 amide bonds. The van der Waals surface area contributed by atoms with Crippen LogP contribution in [0.5, 0.6) is 0 Å². The van der Waals surface area contributed by atoms with E-state index in [1.54, 1.807) is 17.0 Å². The van der Waals surface area contributed by atoms with Crippen molar-refractivity contribution in [1.29, 1.82) is 0 Å². The number of hydrogen-bond acceptors (Lipinski definition) is 4. The molecule has 2 rings (SSSR count). The summed E-state index contributed by atoms with van der Waals surface area (Å²) in [4.78, 5) is 16.6. The molecule has 0 unspecified atom stereocenters. The first kappa shape index (κ1) is 13.8.